The van der Waals surface area contributed by atoms with Crippen LogP contribution in [0.25, 0.3) is 10.9 Å². The van der Waals surface area contributed by atoms with Crippen molar-refractivity contribution in [2.24, 2.45) is 0 Å². The van der Waals surface area contributed by atoms with Gasteiger partial charge < -0.3 is 18.9 Å². The van der Waals surface area contributed by atoms with Crippen LogP contribution in [-0.4, -0.2) is 36.7 Å². The Bertz CT molecular complexity index is 911. The van der Waals surface area contributed by atoms with Gasteiger partial charge in [0.05, 0.1) is 25.3 Å². The minimum absolute atomic E-state index is 0.0951. The summed E-state index contributed by atoms with van der Waals surface area (Å²) in [5, 5.41) is 0.491. The van der Waals surface area contributed by atoms with E-state index in [1.54, 1.807) is 19.1 Å². The smallest absolute Gasteiger partial charge is 0.343 e. The highest BCUT2D eigenvalue weighted by atomic mass is 16.5. The average Bonchev–Trinajstić information content (AvgIpc) is 2.78. The number of nitrogens with zero attached hydrogens (tertiary/aromatic N) is 1. The van der Waals surface area contributed by atoms with Crippen LogP contribution in [0, 0.1) is 0 Å². The van der Waals surface area contributed by atoms with Crippen molar-refractivity contribution in [3.63, 3.8) is 0 Å². The lowest BCUT2D eigenvalue weighted by Crippen LogP contribution is -2.11. The molecule has 33 heavy (non-hydrogen) atoms. The van der Waals surface area contributed by atoms with Gasteiger partial charge in [0, 0.05) is 24.6 Å². The first-order valence-electron chi connectivity index (χ1n) is 12.1. The fourth-order valence-electron chi connectivity index (χ4n) is 3.58. The van der Waals surface area contributed by atoms with Crippen LogP contribution in [0.1, 0.15) is 89.4 Å². The van der Waals surface area contributed by atoms with Crippen LogP contribution in [-0.2, 0) is 9.53 Å². The molecule has 182 valence electrons. The summed E-state index contributed by atoms with van der Waals surface area (Å²) in [6.07, 6.45) is 11.0. The van der Waals surface area contributed by atoms with Crippen molar-refractivity contribution >= 4 is 22.8 Å². The Balaban J connectivity index is 2.20. The Morgan fingerprint density at radius 1 is 0.848 bits per heavy atom. The second kappa shape index (κ2) is 14.3. The fraction of sp³-hybridized carbons (Fsp3) is 0.577. The lowest BCUT2D eigenvalue weighted by molar-refractivity contribution is -0.131. The molecule has 7 heteroatoms. The first-order valence-corrected chi connectivity index (χ1v) is 12.1. The summed E-state index contributed by atoms with van der Waals surface area (Å²) in [5.41, 5.74) is 0.625. The van der Waals surface area contributed by atoms with Gasteiger partial charge >= 0.3 is 11.9 Å². The maximum atomic E-state index is 12.4. The van der Waals surface area contributed by atoms with Crippen molar-refractivity contribution in [1.82, 2.24) is 4.98 Å². The first kappa shape index (κ1) is 26.4. The predicted octanol–water partition coefficient (Wildman–Crippen LogP) is 6.26. The molecule has 0 saturated heterocycles. The van der Waals surface area contributed by atoms with E-state index in [1.165, 1.54) is 51.6 Å². The average molecular weight is 460 g/mol. The number of carbonyl (C=O) groups excluding carboxylic acids is 2. The minimum atomic E-state index is -0.599. The standard InChI is InChI=1S/C26H37NO6/c1-5-8-9-10-11-12-13-14-15-32-23-16-20-22(17-24(23)30-6-2)27-18-21(26(29)31-7-3)25(20)33-19(4)28/h16-18H,5-15H2,1-4H3. The van der Waals surface area contributed by atoms with Gasteiger partial charge in [-0.3, -0.25) is 9.78 Å². The Kier molecular flexibility index (Phi) is 11.5. The molecule has 0 radical (unpaired) electrons. The van der Waals surface area contributed by atoms with E-state index in [0.29, 0.717) is 35.6 Å². The second-order valence-electron chi connectivity index (χ2n) is 7.89. The summed E-state index contributed by atoms with van der Waals surface area (Å²) in [5.74, 6) is 0.0749. The van der Waals surface area contributed by atoms with Crippen molar-refractivity contribution < 1.29 is 28.5 Å². The van der Waals surface area contributed by atoms with Crippen molar-refractivity contribution in [3.8, 4) is 17.2 Å². The molecule has 0 aliphatic heterocycles. The zero-order valence-electron chi connectivity index (χ0n) is 20.4. The van der Waals surface area contributed by atoms with Crippen molar-refractivity contribution in [2.45, 2.75) is 79.1 Å². The third kappa shape index (κ3) is 8.22. The van der Waals surface area contributed by atoms with E-state index in [-0.39, 0.29) is 17.9 Å². The summed E-state index contributed by atoms with van der Waals surface area (Å²) in [4.78, 5) is 28.5. The van der Waals surface area contributed by atoms with Gasteiger partial charge in [-0.1, -0.05) is 51.9 Å². The number of pyridine rings is 1. The third-order valence-corrected chi connectivity index (χ3v) is 5.18. The molecule has 0 unspecified atom stereocenters. The number of esters is 2. The minimum Gasteiger partial charge on any atom is -0.490 e. The van der Waals surface area contributed by atoms with E-state index in [1.807, 2.05) is 6.92 Å². The molecule has 2 rings (SSSR count). The number of fused-ring (bicyclic) bond motifs is 1. The number of carbonyl (C=O) groups is 2. The second-order valence-corrected chi connectivity index (χ2v) is 7.89. The number of hydrogen-bond donors (Lipinski definition) is 0. The summed E-state index contributed by atoms with van der Waals surface area (Å²) in [6, 6.07) is 3.46. The molecule has 0 amide bonds. The lowest BCUT2D eigenvalue weighted by Gasteiger charge is -2.16. The van der Waals surface area contributed by atoms with Crippen LogP contribution in [0.4, 0.5) is 0 Å². The van der Waals surface area contributed by atoms with E-state index in [9.17, 15) is 9.59 Å². The zero-order chi connectivity index (χ0) is 24.1. The van der Waals surface area contributed by atoms with Crippen LogP contribution >= 0.6 is 0 Å². The highest BCUT2D eigenvalue weighted by molar-refractivity contribution is 6.01. The largest absolute Gasteiger partial charge is 0.490 e. The molecule has 2 aromatic rings. The lowest BCUT2D eigenvalue weighted by atomic mass is 10.1. The molecule has 0 bridgehead atoms. The number of hydrogen-bond acceptors (Lipinski definition) is 7. The number of unbranched alkanes of at least 4 members (excludes halogenated alkanes) is 7. The van der Waals surface area contributed by atoms with Gasteiger partial charge in [-0.05, 0) is 26.3 Å². The molecule has 0 N–H and O–H groups in total. The summed E-state index contributed by atoms with van der Waals surface area (Å²) >= 11 is 0. The molecule has 0 fully saturated rings. The molecule has 0 aliphatic rings. The Labute approximate surface area is 196 Å². The van der Waals surface area contributed by atoms with E-state index in [0.717, 1.165) is 12.8 Å². The normalized spacial score (nSPS) is 10.8. The van der Waals surface area contributed by atoms with Gasteiger partial charge in [-0.2, -0.15) is 0 Å². The SMILES string of the molecule is CCCCCCCCCCOc1cc2c(OC(C)=O)c(C(=O)OCC)cnc2cc1OCC. The highest BCUT2D eigenvalue weighted by Gasteiger charge is 2.21. The molecule has 0 aliphatic carbocycles. The van der Waals surface area contributed by atoms with Crippen LogP contribution in [0.3, 0.4) is 0 Å². The van der Waals surface area contributed by atoms with E-state index in [4.69, 9.17) is 18.9 Å². The van der Waals surface area contributed by atoms with Gasteiger partial charge in [-0.25, -0.2) is 4.79 Å². The number of ether oxygens (including phenoxy) is 4. The predicted molar refractivity (Wildman–Crippen MR) is 128 cm³/mol. The van der Waals surface area contributed by atoms with Crippen LogP contribution in [0.15, 0.2) is 18.3 Å². The van der Waals surface area contributed by atoms with Gasteiger partial charge in [-0.15, -0.1) is 0 Å². The number of rotatable bonds is 15. The molecule has 1 aromatic carbocycles. The summed E-state index contributed by atoms with van der Waals surface area (Å²) < 4.78 is 22.3. The van der Waals surface area contributed by atoms with E-state index < -0.39 is 11.9 Å². The fourth-order valence-corrected chi connectivity index (χ4v) is 3.58. The maximum absolute atomic E-state index is 12.4. The monoisotopic (exact) mass is 459 g/mol. The first-order chi connectivity index (χ1) is 16.0. The summed E-state index contributed by atoms with van der Waals surface area (Å²) in [6.45, 7) is 8.34. The zero-order valence-corrected chi connectivity index (χ0v) is 20.4. The third-order valence-electron chi connectivity index (χ3n) is 5.18. The topological polar surface area (TPSA) is 84.0 Å². The van der Waals surface area contributed by atoms with E-state index >= 15 is 0 Å². The van der Waals surface area contributed by atoms with Crippen molar-refractivity contribution in [1.29, 1.82) is 0 Å². The van der Waals surface area contributed by atoms with Crippen molar-refractivity contribution in [2.75, 3.05) is 19.8 Å². The Hall–Kier alpha value is -2.83. The molecule has 1 aromatic heterocycles. The number of benzene rings is 1. The van der Waals surface area contributed by atoms with Crippen LogP contribution < -0.4 is 14.2 Å². The Morgan fingerprint density at radius 2 is 1.52 bits per heavy atom. The van der Waals surface area contributed by atoms with Gasteiger partial charge in [0.15, 0.2) is 17.2 Å². The van der Waals surface area contributed by atoms with Gasteiger partial charge in [0.2, 0.25) is 0 Å². The quantitative estimate of drug-likeness (QED) is 0.230. The molecule has 7 nitrogen and oxygen atoms in total. The molecule has 0 spiro atoms. The Morgan fingerprint density at radius 3 is 2.15 bits per heavy atom. The number of aromatic nitrogens is 1. The van der Waals surface area contributed by atoms with Gasteiger partial charge in [0.25, 0.3) is 0 Å². The maximum Gasteiger partial charge on any atom is 0.343 e. The van der Waals surface area contributed by atoms with E-state index in [2.05, 4.69) is 11.9 Å². The molecule has 1 heterocycles. The molecule has 0 atom stereocenters. The molecular weight excluding hydrogens is 422 g/mol. The van der Waals surface area contributed by atoms with Crippen LogP contribution in [0.2, 0.25) is 0 Å². The van der Waals surface area contributed by atoms with Crippen molar-refractivity contribution in [3.05, 3.63) is 23.9 Å². The molecular formula is C26H37NO6. The van der Waals surface area contributed by atoms with Gasteiger partial charge in [0.1, 0.15) is 5.56 Å². The molecule has 0 saturated carbocycles. The van der Waals surface area contributed by atoms with Crippen LogP contribution in [0.5, 0.6) is 17.2 Å². The summed E-state index contributed by atoms with van der Waals surface area (Å²) in [7, 11) is 0. The highest BCUT2D eigenvalue weighted by Crippen LogP contribution is 2.38.